The fraction of sp³-hybridized carbons (Fsp3) is 0.935. The summed E-state index contributed by atoms with van der Waals surface area (Å²) < 4.78 is 67.8. The maximum atomic E-state index is 13.0. The molecule has 0 aromatic rings. The van der Waals surface area contributed by atoms with E-state index in [2.05, 4.69) is 48.5 Å². The minimum Gasteiger partial charge on any atom is -0.462 e. The van der Waals surface area contributed by atoms with Crippen LogP contribution in [0.1, 0.15) is 299 Å². The number of carbonyl (C=O) groups is 4. The van der Waals surface area contributed by atoms with E-state index in [1.807, 2.05) is 0 Å². The molecule has 81 heavy (non-hydrogen) atoms. The van der Waals surface area contributed by atoms with Crippen molar-refractivity contribution >= 4 is 39.5 Å². The minimum atomic E-state index is -4.94. The number of hydrogen-bond acceptors (Lipinski definition) is 15. The third-order valence-electron chi connectivity index (χ3n) is 14.1. The van der Waals surface area contributed by atoms with Gasteiger partial charge in [0.15, 0.2) is 12.2 Å². The summed E-state index contributed by atoms with van der Waals surface area (Å²) in [5, 5.41) is 10.5. The minimum absolute atomic E-state index is 0.101. The van der Waals surface area contributed by atoms with Crippen LogP contribution in [-0.2, 0) is 65.4 Å². The van der Waals surface area contributed by atoms with Crippen LogP contribution in [0.2, 0.25) is 0 Å². The Morgan fingerprint density at radius 1 is 0.333 bits per heavy atom. The molecule has 5 atom stereocenters. The molecule has 2 unspecified atom stereocenters. The van der Waals surface area contributed by atoms with Gasteiger partial charge in [-0.1, -0.05) is 248 Å². The summed E-state index contributed by atoms with van der Waals surface area (Å²) in [5.41, 5.74) is 0. The highest BCUT2D eigenvalue weighted by Crippen LogP contribution is 2.45. The fourth-order valence-electron chi connectivity index (χ4n) is 9.13. The van der Waals surface area contributed by atoms with Crippen LogP contribution in [0.3, 0.4) is 0 Å². The van der Waals surface area contributed by atoms with Gasteiger partial charge in [-0.25, -0.2) is 9.13 Å². The highest BCUT2D eigenvalue weighted by atomic mass is 31.2. The lowest BCUT2D eigenvalue weighted by Crippen LogP contribution is -2.30. The van der Waals surface area contributed by atoms with Crippen LogP contribution < -0.4 is 0 Å². The summed E-state index contributed by atoms with van der Waals surface area (Å²) in [6, 6.07) is 0. The molecule has 0 saturated carbocycles. The summed E-state index contributed by atoms with van der Waals surface area (Å²) in [5.74, 6) is -0.00548. The summed E-state index contributed by atoms with van der Waals surface area (Å²) in [4.78, 5) is 72.0. The standard InChI is InChI=1S/C62H120O17P2/c1-8-9-10-11-12-21-29-36-43-59(64)72-50-58(79-62(67)46-39-32-25-24-28-35-42-55(6)7)52-77-81(70,71)75-48-56(63)47-74-80(68,69)76-51-57(49-73-60(65)44-37-30-23-18-20-27-34-41-54(4)5)78-61(66)45-38-31-22-17-15-13-14-16-19-26-33-40-53(2)3/h53-58,63H,8-52H2,1-7H3,(H,68,69)(H,70,71)/t56-,57-,58-/m1/s1. The molecule has 0 aliphatic heterocycles. The Balaban J connectivity index is 5.22. The molecule has 0 spiro atoms. The molecule has 3 N–H and O–H groups in total. The molecule has 0 heterocycles. The number of rotatable bonds is 60. The maximum Gasteiger partial charge on any atom is 0.472 e. The van der Waals surface area contributed by atoms with Crippen LogP contribution in [-0.4, -0.2) is 96.7 Å². The first-order valence-electron chi connectivity index (χ1n) is 32.3. The molecule has 0 rings (SSSR count). The smallest absolute Gasteiger partial charge is 0.462 e. The van der Waals surface area contributed by atoms with E-state index < -0.39 is 97.5 Å². The predicted octanol–water partition coefficient (Wildman–Crippen LogP) is 16.7. The van der Waals surface area contributed by atoms with Crippen molar-refractivity contribution in [3.8, 4) is 0 Å². The van der Waals surface area contributed by atoms with Crippen LogP contribution in [0.4, 0.5) is 0 Å². The van der Waals surface area contributed by atoms with E-state index in [1.54, 1.807) is 0 Å². The first kappa shape index (κ1) is 79.1. The predicted molar refractivity (Wildman–Crippen MR) is 321 cm³/mol. The Morgan fingerprint density at radius 3 is 0.840 bits per heavy atom. The van der Waals surface area contributed by atoms with Gasteiger partial charge in [0.1, 0.15) is 19.3 Å². The van der Waals surface area contributed by atoms with Gasteiger partial charge in [0.25, 0.3) is 0 Å². The molecule has 0 aromatic carbocycles. The van der Waals surface area contributed by atoms with Crippen LogP contribution in [0, 0.1) is 17.8 Å². The van der Waals surface area contributed by atoms with Crippen LogP contribution in [0.5, 0.6) is 0 Å². The van der Waals surface area contributed by atoms with Gasteiger partial charge in [0, 0.05) is 25.7 Å². The van der Waals surface area contributed by atoms with Crippen molar-refractivity contribution in [1.29, 1.82) is 0 Å². The number of esters is 4. The Bertz CT molecular complexity index is 1610. The number of phosphoric acid groups is 2. The van der Waals surface area contributed by atoms with Gasteiger partial charge >= 0.3 is 39.5 Å². The number of carbonyl (C=O) groups excluding carboxylic acids is 4. The van der Waals surface area contributed by atoms with Crippen LogP contribution in [0.15, 0.2) is 0 Å². The van der Waals surface area contributed by atoms with E-state index in [4.69, 9.17) is 37.0 Å². The first-order chi connectivity index (χ1) is 38.7. The SMILES string of the molecule is CCCCCCCCCCC(=O)OC[C@H](COP(=O)(O)OC[C@H](O)COP(=O)(O)OC[C@@H](COC(=O)CCCCCCCCCC(C)C)OC(=O)CCCCCCCCCCCCCC(C)C)OC(=O)CCCCCCCCC(C)C. The zero-order valence-electron chi connectivity index (χ0n) is 52.2. The molecule has 480 valence electrons. The third-order valence-corrected chi connectivity index (χ3v) is 16.0. The first-order valence-corrected chi connectivity index (χ1v) is 35.3. The molecule has 0 fully saturated rings. The van der Waals surface area contributed by atoms with Gasteiger partial charge < -0.3 is 33.8 Å². The zero-order valence-corrected chi connectivity index (χ0v) is 54.0. The Morgan fingerprint density at radius 2 is 0.568 bits per heavy atom. The molecule has 0 aliphatic carbocycles. The van der Waals surface area contributed by atoms with Gasteiger partial charge in [0.05, 0.1) is 26.4 Å². The van der Waals surface area contributed by atoms with E-state index in [-0.39, 0.29) is 25.7 Å². The zero-order chi connectivity index (χ0) is 60.3. The maximum absolute atomic E-state index is 13.0. The molecule has 19 heteroatoms. The van der Waals surface area contributed by atoms with Crippen molar-refractivity contribution in [2.24, 2.45) is 17.8 Å². The average Bonchev–Trinajstić information content (AvgIpc) is 3.41. The molecule has 0 aromatic heterocycles. The highest BCUT2D eigenvalue weighted by molar-refractivity contribution is 7.47. The van der Waals surface area contributed by atoms with E-state index in [1.165, 1.54) is 96.3 Å². The second-order valence-corrected chi connectivity index (χ2v) is 26.8. The quantitative estimate of drug-likeness (QED) is 0.0222. The van der Waals surface area contributed by atoms with Crippen LogP contribution in [0.25, 0.3) is 0 Å². The second kappa shape index (κ2) is 53.5. The summed E-state index contributed by atoms with van der Waals surface area (Å²) in [7, 11) is -9.88. The van der Waals surface area contributed by atoms with Crippen LogP contribution >= 0.6 is 15.6 Å². The molecular weight excluding hydrogens is 1080 g/mol. The van der Waals surface area contributed by atoms with Gasteiger partial charge in [-0.15, -0.1) is 0 Å². The summed E-state index contributed by atoms with van der Waals surface area (Å²) in [6.45, 7) is 11.6. The van der Waals surface area contributed by atoms with E-state index in [9.17, 15) is 43.2 Å². The third kappa shape index (κ3) is 56.9. The highest BCUT2D eigenvalue weighted by Gasteiger charge is 2.30. The Labute approximate surface area is 492 Å². The molecular formula is C62H120O17P2. The number of ether oxygens (including phenoxy) is 4. The summed E-state index contributed by atoms with van der Waals surface area (Å²) in [6.07, 6.45) is 33.7. The van der Waals surface area contributed by atoms with Gasteiger partial charge in [0.2, 0.25) is 0 Å². The van der Waals surface area contributed by atoms with E-state index in [0.29, 0.717) is 37.5 Å². The van der Waals surface area contributed by atoms with Gasteiger partial charge in [-0.3, -0.25) is 37.3 Å². The number of phosphoric ester groups is 2. The largest absolute Gasteiger partial charge is 0.472 e. The molecule has 0 amide bonds. The lowest BCUT2D eigenvalue weighted by Gasteiger charge is -2.21. The molecule has 0 aliphatic rings. The topological polar surface area (TPSA) is 237 Å². The molecule has 0 bridgehead atoms. The second-order valence-electron chi connectivity index (χ2n) is 23.9. The molecule has 0 radical (unpaired) electrons. The fourth-order valence-corrected chi connectivity index (χ4v) is 10.7. The van der Waals surface area contributed by atoms with E-state index in [0.717, 1.165) is 109 Å². The lowest BCUT2D eigenvalue weighted by atomic mass is 10.0. The number of unbranched alkanes of at least 4 members (excludes halogenated alkanes) is 28. The number of hydrogen-bond donors (Lipinski definition) is 3. The average molecular weight is 1200 g/mol. The van der Waals surface area contributed by atoms with Gasteiger partial charge in [-0.05, 0) is 43.4 Å². The Kier molecular flexibility index (Phi) is 52.2. The van der Waals surface area contributed by atoms with Crippen molar-refractivity contribution in [2.75, 3.05) is 39.6 Å². The normalized spacial score (nSPS) is 14.4. The summed E-state index contributed by atoms with van der Waals surface area (Å²) >= 11 is 0. The molecule has 17 nitrogen and oxygen atoms in total. The monoisotopic (exact) mass is 1200 g/mol. The number of aliphatic hydroxyl groups is 1. The van der Waals surface area contributed by atoms with Crippen molar-refractivity contribution in [3.05, 3.63) is 0 Å². The van der Waals surface area contributed by atoms with E-state index >= 15 is 0 Å². The molecule has 0 saturated heterocycles. The van der Waals surface area contributed by atoms with Crippen molar-refractivity contribution < 1.29 is 80.2 Å². The van der Waals surface area contributed by atoms with Gasteiger partial charge in [-0.2, -0.15) is 0 Å². The van der Waals surface area contributed by atoms with Crippen molar-refractivity contribution in [1.82, 2.24) is 0 Å². The number of aliphatic hydroxyl groups excluding tert-OH is 1. The van der Waals surface area contributed by atoms with Crippen molar-refractivity contribution in [2.45, 2.75) is 317 Å². The van der Waals surface area contributed by atoms with Crippen molar-refractivity contribution in [3.63, 3.8) is 0 Å². The Hall–Kier alpha value is -1.94. The lowest BCUT2D eigenvalue weighted by molar-refractivity contribution is -0.161.